The Labute approximate surface area is 130 Å². The van der Waals surface area contributed by atoms with Gasteiger partial charge < -0.3 is 4.42 Å². The van der Waals surface area contributed by atoms with Crippen LogP contribution < -0.4 is 0 Å². The minimum Gasteiger partial charge on any atom is -0.454 e. The van der Waals surface area contributed by atoms with Gasteiger partial charge in [-0.15, -0.1) is 0 Å². The second-order valence-electron chi connectivity index (χ2n) is 5.23. The fourth-order valence-corrected chi connectivity index (χ4v) is 3.51. The molecule has 2 aromatic heterocycles. The summed E-state index contributed by atoms with van der Waals surface area (Å²) in [4.78, 5) is 0. The summed E-state index contributed by atoms with van der Waals surface area (Å²) < 4.78 is 15.0. The summed E-state index contributed by atoms with van der Waals surface area (Å²) in [5.41, 5.74) is 5.71. The van der Waals surface area contributed by atoms with Gasteiger partial charge >= 0.3 is 0 Å². The predicted molar refractivity (Wildman–Crippen MR) is 90.1 cm³/mol. The van der Waals surface area contributed by atoms with E-state index in [1.807, 2.05) is 36.4 Å². The monoisotopic (exact) mass is 302 g/mol. The summed E-state index contributed by atoms with van der Waals surface area (Å²) in [6.07, 6.45) is 0. The lowest BCUT2D eigenvalue weighted by Crippen LogP contribution is -1.81. The first-order chi connectivity index (χ1) is 10.9. The standard InChI is InChI=1S/C18H10N2OS/c1-2-6-11(7-3-1)13-10-14-12-8-4-5-9-15(12)21-18(14)17-16(13)19-22-20-17/h1-10H. The van der Waals surface area contributed by atoms with Crippen LogP contribution in [0.5, 0.6) is 0 Å². The largest absolute Gasteiger partial charge is 0.454 e. The highest BCUT2D eigenvalue weighted by Crippen LogP contribution is 2.38. The molecule has 4 heteroatoms. The van der Waals surface area contributed by atoms with Crippen molar-refractivity contribution in [3.63, 3.8) is 0 Å². The number of hydrogen-bond acceptors (Lipinski definition) is 4. The lowest BCUT2D eigenvalue weighted by Gasteiger charge is -2.02. The fourth-order valence-electron chi connectivity index (χ4n) is 2.95. The molecule has 2 heterocycles. The molecule has 104 valence electrons. The van der Waals surface area contributed by atoms with E-state index in [9.17, 15) is 0 Å². The molecule has 3 nitrogen and oxygen atoms in total. The van der Waals surface area contributed by atoms with Crippen molar-refractivity contribution < 1.29 is 4.42 Å². The topological polar surface area (TPSA) is 38.9 Å². The van der Waals surface area contributed by atoms with Gasteiger partial charge in [-0.1, -0.05) is 48.5 Å². The number of rotatable bonds is 1. The van der Waals surface area contributed by atoms with Crippen molar-refractivity contribution in [1.82, 2.24) is 8.75 Å². The molecule has 0 N–H and O–H groups in total. The second kappa shape index (κ2) is 4.39. The second-order valence-corrected chi connectivity index (χ2v) is 5.75. The quantitative estimate of drug-likeness (QED) is 0.424. The molecule has 0 bridgehead atoms. The minimum absolute atomic E-state index is 0.824. The van der Waals surface area contributed by atoms with Crippen LogP contribution in [0.15, 0.2) is 65.1 Å². The van der Waals surface area contributed by atoms with E-state index in [0.29, 0.717) is 0 Å². The molecule has 0 saturated carbocycles. The van der Waals surface area contributed by atoms with E-state index in [0.717, 1.165) is 44.1 Å². The maximum Gasteiger partial charge on any atom is 0.164 e. The third-order valence-electron chi connectivity index (χ3n) is 3.97. The van der Waals surface area contributed by atoms with Gasteiger partial charge in [-0.05, 0) is 17.7 Å². The maximum absolute atomic E-state index is 6.02. The van der Waals surface area contributed by atoms with E-state index in [2.05, 4.69) is 33.0 Å². The fraction of sp³-hybridized carbons (Fsp3) is 0. The number of furan rings is 1. The predicted octanol–water partition coefficient (Wildman–Crippen LogP) is 5.26. The Balaban J connectivity index is 2.01. The number of nitrogens with zero attached hydrogens (tertiary/aromatic N) is 2. The Hall–Kier alpha value is -2.72. The first-order valence-electron chi connectivity index (χ1n) is 7.04. The first-order valence-corrected chi connectivity index (χ1v) is 7.77. The third kappa shape index (κ3) is 1.55. The van der Waals surface area contributed by atoms with Crippen molar-refractivity contribution in [3.05, 3.63) is 60.7 Å². The lowest BCUT2D eigenvalue weighted by molar-refractivity contribution is 0.672. The summed E-state index contributed by atoms with van der Waals surface area (Å²) in [6, 6.07) is 20.6. The van der Waals surface area contributed by atoms with Crippen molar-refractivity contribution >= 4 is 44.7 Å². The van der Waals surface area contributed by atoms with E-state index in [1.54, 1.807) is 0 Å². The SMILES string of the molecule is c1ccc(-c2cc3c4ccccc4oc3c3nsnc23)cc1. The van der Waals surface area contributed by atoms with Crippen LogP contribution in [0, 0.1) is 0 Å². The van der Waals surface area contributed by atoms with E-state index < -0.39 is 0 Å². The van der Waals surface area contributed by atoms with Crippen LogP contribution >= 0.6 is 11.7 Å². The molecule has 22 heavy (non-hydrogen) atoms. The average Bonchev–Trinajstić information content (AvgIpc) is 3.19. The van der Waals surface area contributed by atoms with Crippen LogP contribution in [0.2, 0.25) is 0 Å². The van der Waals surface area contributed by atoms with E-state index in [1.165, 1.54) is 11.7 Å². The van der Waals surface area contributed by atoms with Gasteiger partial charge in [0.2, 0.25) is 0 Å². The van der Waals surface area contributed by atoms with Crippen LogP contribution in [0.25, 0.3) is 44.1 Å². The molecular formula is C18H10N2OS. The highest BCUT2D eigenvalue weighted by molar-refractivity contribution is 7.00. The van der Waals surface area contributed by atoms with Gasteiger partial charge in [0.1, 0.15) is 16.6 Å². The summed E-state index contributed by atoms with van der Waals surface area (Å²) in [5.74, 6) is 0. The van der Waals surface area contributed by atoms with E-state index in [-0.39, 0.29) is 0 Å². The van der Waals surface area contributed by atoms with Gasteiger partial charge in [0.15, 0.2) is 5.58 Å². The number of para-hydroxylation sites is 1. The molecule has 0 aliphatic rings. The first kappa shape index (κ1) is 11.9. The summed E-state index contributed by atoms with van der Waals surface area (Å²) in [7, 11) is 0. The Bertz CT molecular complexity index is 1130. The molecule has 0 amide bonds. The van der Waals surface area contributed by atoms with Gasteiger partial charge in [-0.3, -0.25) is 0 Å². The van der Waals surface area contributed by atoms with Crippen molar-refractivity contribution in [2.45, 2.75) is 0 Å². The maximum atomic E-state index is 6.02. The molecule has 0 aliphatic carbocycles. The highest BCUT2D eigenvalue weighted by Gasteiger charge is 2.17. The van der Waals surface area contributed by atoms with Gasteiger partial charge in [-0.25, -0.2) is 0 Å². The lowest BCUT2D eigenvalue weighted by atomic mass is 10.0. The van der Waals surface area contributed by atoms with Gasteiger partial charge in [0.25, 0.3) is 0 Å². The molecule has 3 aromatic carbocycles. The van der Waals surface area contributed by atoms with E-state index >= 15 is 0 Å². The van der Waals surface area contributed by atoms with Crippen LogP contribution in [0.1, 0.15) is 0 Å². The normalized spacial score (nSPS) is 11.6. The summed E-state index contributed by atoms with van der Waals surface area (Å²) in [6.45, 7) is 0. The molecule has 0 saturated heterocycles. The van der Waals surface area contributed by atoms with Crippen molar-refractivity contribution in [3.8, 4) is 11.1 Å². The molecule has 0 aliphatic heterocycles. The van der Waals surface area contributed by atoms with E-state index in [4.69, 9.17) is 4.42 Å². The Morgan fingerprint density at radius 1 is 0.773 bits per heavy atom. The number of fused-ring (bicyclic) bond motifs is 5. The molecule has 0 unspecified atom stereocenters. The smallest absolute Gasteiger partial charge is 0.164 e. The number of hydrogen-bond donors (Lipinski definition) is 0. The summed E-state index contributed by atoms with van der Waals surface area (Å²) in [5, 5.41) is 2.21. The van der Waals surface area contributed by atoms with Gasteiger partial charge in [-0.2, -0.15) is 8.75 Å². The van der Waals surface area contributed by atoms with Crippen LogP contribution in [0.3, 0.4) is 0 Å². The molecule has 0 spiro atoms. The van der Waals surface area contributed by atoms with Crippen molar-refractivity contribution in [2.75, 3.05) is 0 Å². The molecular weight excluding hydrogens is 292 g/mol. The number of benzene rings is 3. The Morgan fingerprint density at radius 2 is 1.55 bits per heavy atom. The number of aromatic nitrogens is 2. The Morgan fingerprint density at radius 3 is 2.45 bits per heavy atom. The minimum atomic E-state index is 0.824. The van der Waals surface area contributed by atoms with Crippen LogP contribution in [-0.2, 0) is 0 Å². The zero-order valence-corrected chi connectivity index (χ0v) is 12.3. The van der Waals surface area contributed by atoms with Gasteiger partial charge in [0, 0.05) is 16.3 Å². The zero-order valence-electron chi connectivity index (χ0n) is 11.5. The molecule has 5 rings (SSSR count). The molecule has 0 atom stereocenters. The highest BCUT2D eigenvalue weighted by atomic mass is 32.1. The van der Waals surface area contributed by atoms with Gasteiger partial charge in [0.05, 0.1) is 11.7 Å². The molecule has 0 radical (unpaired) electrons. The zero-order chi connectivity index (χ0) is 14.5. The molecule has 5 aromatic rings. The third-order valence-corrected chi connectivity index (χ3v) is 4.49. The van der Waals surface area contributed by atoms with Crippen LogP contribution in [0.4, 0.5) is 0 Å². The summed E-state index contributed by atoms with van der Waals surface area (Å²) >= 11 is 1.23. The molecule has 0 fully saturated rings. The Kier molecular flexibility index (Phi) is 2.37. The van der Waals surface area contributed by atoms with Crippen molar-refractivity contribution in [1.29, 1.82) is 0 Å². The van der Waals surface area contributed by atoms with Crippen LogP contribution in [-0.4, -0.2) is 8.75 Å². The average molecular weight is 302 g/mol. The van der Waals surface area contributed by atoms with Crippen molar-refractivity contribution in [2.24, 2.45) is 0 Å².